The highest BCUT2D eigenvalue weighted by atomic mass is 15.1. The number of anilines is 1. The Balaban J connectivity index is 2.04. The fraction of sp³-hybridized carbons (Fsp3) is 0.625. The molecule has 1 aliphatic rings. The Hall–Kier alpha value is -1.02. The van der Waals surface area contributed by atoms with Gasteiger partial charge in [-0.25, -0.2) is 0 Å². The van der Waals surface area contributed by atoms with Crippen LogP contribution in [0.3, 0.4) is 0 Å². The Morgan fingerprint density at radius 2 is 1.78 bits per heavy atom. The van der Waals surface area contributed by atoms with Gasteiger partial charge in [0.1, 0.15) is 0 Å². The summed E-state index contributed by atoms with van der Waals surface area (Å²) in [6, 6.07) is 10.7. The van der Waals surface area contributed by atoms with E-state index >= 15 is 0 Å². The molecule has 1 saturated carbocycles. The molecule has 1 aromatic carbocycles. The normalized spacial score (nSPS) is 18.6. The van der Waals surface area contributed by atoms with Crippen molar-refractivity contribution in [2.45, 2.75) is 32.1 Å². The molecule has 0 spiro atoms. The number of nitrogens with zero attached hydrogens (tertiary/aromatic N) is 1. The van der Waals surface area contributed by atoms with Crippen LogP contribution in [0.1, 0.15) is 32.1 Å². The third kappa shape index (κ3) is 3.26. The van der Waals surface area contributed by atoms with Crippen LogP contribution < -0.4 is 10.2 Å². The Bertz CT molecular complexity index is 336. The van der Waals surface area contributed by atoms with E-state index in [1.807, 2.05) is 0 Å². The smallest absolute Gasteiger partial charge is 0.0363 e. The second-order valence-corrected chi connectivity index (χ2v) is 5.78. The second-order valence-electron chi connectivity index (χ2n) is 5.78. The largest absolute Gasteiger partial charge is 0.374 e. The molecule has 1 aliphatic carbocycles. The molecule has 0 heterocycles. The average molecular weight is 246 g/mol. The molecule has 100 valence electrons. The minimum atomic E-state index is 0.470. The van der Waals surface area contributed by atoms with Crippen LogP contribution in [-0.2, 0) is 0 Å². The summed E-state index contributed by atoms with van der Waals surface area (Å²) in [4.78, 5) is 2.42. The van der Waals surface area contributed by atoms with E-state index in [4.69, 9.17) is 0 Å². The lowest BCUT2D eigenvalue weighted by Crippen LogP contribution is -2.43. The monoisotopic (exact) mass is 246 g/mol. The van der Waals surface area contributed by atoms with E-state index in [0.29, 0.717) is 5.41 Å². The molecule has 18 heavy (non-hydrogen) atoms. The van der Waals surface area contributed by atoms with Gasteiger partial charge in [-0.05, 0) is 32.0 Å². The van der Waals surface area contributed by atoms with E-state index in [1.165, 1.54) is 37.8 Å². The van der Waals surface area contributed by atoms with Crippen LogP contribution in [0.15, 0.2) is 30.3 Å². The van der Waals surface area contributed by atoms with Gasteiger partial charge >= 0.3 is 0 Å². The molecule has 2 nitrogen and oxygen atoms in total. The van der Waals surface area contributed by atoms with Crippen molar-refractivity contribution in [2.75, 3.05) is 32.1 Å². The lowest BCUT2D eigenvalue weighted by atomic mass is 9.73. The number of nitrogens with one attached hydrogen (secondary N) is 1. The summed E-state index contributed by atoms with van der Waals surface area (Å²) in [5, 5.41) is 3.41. The lowest BCUT2D eigenvalue weighted by molar-refractivity contribution is 0.193. The van der Waals surface area contributed by atoms with E-state index in [-0.39, 0.29) is 0 Å². The van der Waals surface area contributed by atoms with Crippen LogP contribution in [0.4, 0.5) is 5.69 Å². The standard InChI is InChI=1S/C16H26N2/c1-17-13-16(11-7-4-8-12-16)14-18(2)15-9-5-3-6-10-15/h3,5-6,9-10,17H,4,7-8,11-14H2,1-2H3. The van der Waals surface area contributed by atoms with Gasteiger partial charge in [-0.3, -0.25) is 0 Å². The molecule has 0 aliphatic heterocycles. The fourth-order valence-corrected chi connectivity index (χ4v) is 3.34. The number of rotatable bonds is 5. The molecule has 0 unspecified atom stereocenters. The number of para-hydroxylation sites is 1. The number of benzene rings is 1. The maximum Gasteiger partial charge on any atom is 0.0363 e. The first-order valence-electron chi connectivity index (χ1n) is 7.17. The molecule has 0 saturated heterocycles. The predicted molar refractivity (Wildman–Crippen MR) is 79.2 cm³/mol. The first-order valence-corrected chi connectivity index (χ1v) is 7.17. The summed E-state index contributed by atoms with van der Waals surface area (Å²) >= 11 is 0. The Morgan fingerprint density at radius 3 is 2.39 bits per heavy atom. The van der Waals surface area contributed by atoms with Crippen molar-refractivity contribution in [3.63, 3.8) is 0 Å². The van der Waals surface area contributed by atoms with Crippen molar-refractivity contribution in [2.24, 2.45) is 5.41 Å². The first-order chi connectivity index (χ1) is 8.76. The summed E-state index contributed by atoms with van der Waals surface area (Å²) < 4.78 is 0. The van der Waals surface area contributed by atoms with Crippen LogP contribution in [0.2, 0.25) is 0 Å². The molecule has 0 amide bonds. The zero-order valence-electron chi connectivity index (χ0n) is 11.8. The van der Waals surface area contributed by atoms with Gasteiger partial charge in [-0.1, -0.05) is 37.5 Å². The Kier molecular flexibility index (Phi) is 4.65. The summed E-state index contributed by atoms with van der Waals surface area (Å²) in [5.41, 5.74) is 1.80. The highest BCUT2D eigenvalue weighted by Crippen LogP contribution is 2.37. The van der Waals surface area contributed by atoms with E-state index < -0.39 is 0 Å². The average Bonchev–Trinajstić information content (AvgIpc) is 2.41. The summed E-state index contributed by atoms with van der Waals surface area (Å²) in [5.74, 6) is 0. The molecule has 1 N–H and O–H groups in total. The maximum absolute atomic E-state index is 3.41. The lowest BCUT2D eigenvalue weighted by Gasteiger charge is -2.40. The molecule has 2 heteroatoms. The third-order valence-corrected chi connectivity index (χ3v) is 4.24. The Labute approximate surface area is 111 Å². The van der Waals surface area contributed by atoms with Crippen molar-refractivity contribution >= 4 is 5.69 Å². The molecule has 1 aromatic rings. The van der Waals surface area contributed by atoms with Crippen molar-refractivity contribution in [3.8, 4) is 0 Å². The van der Waals surface area contributed by atoms with Crippen molar-refractivity contribution < 1.29 is 0 Å². The van der Waals surface area contributed by atoms with Gasteiger partial charge in [0, 0.05) is 31.2 Å². The first kappa shape index (κ1) is 13.4. The topological polar surface area (TPSA) is 15.3 Å². The minimum Gasteiger partial charge on any atom is -0.374 e. The van der Waals surface area contributed by atoms with Crippen LogP contribution in [-0.4, -0.2) is 27.2 Å². The van der Waals surface area contributed by atoms with Gasteiger partial charge in [0.25, 0.3) is 0 Å². The van der Waals surface area contributed by atoms with Crippen LogP contribution >= 0.6 is 0 Å². The molecule has 0 bridgehead atoms. The van der Waals surface area contributed by atoms with E-state index in [0.717, 1.165) is 13.1 Å². The molecule has 0 atom stereocenters. The van der Waals surface area contributed by atoms with E-state index in [1.54, 1.807) is 0 Å². The molecule has 0 aromatic heterocycles. The van der Waals surface area contributed by atoms with Crippen molar-refractivity contribution in [1.29, 1.82) is 0 Å². The van der Waals surface area contributed by atoms with Gasteiger partial charge in [-0.15, -0.1) is 0 Å². The molecule has 0 radical (unpaired) electrons. The fourth-order valence-electron chi connectivity index (χ4n) is 3.34. The van der Waals surface area contributed by atoms with Crippen molar-refractivity contribution in [3.05, 3.63) is 30.3 Å². The molecule has 1 fully saturated rings. The van der Waals surface area contributed by atoms with Crippen LogP contribution in [0.5, 0.6) is 0 Å². The maximum atomic E-state index is 3.41. The van der Waals surface area contributed by atoms with E-state index in [9.17, 15) is 0 Å². The number of hydrogen-bond donors (Lipinski definition) is 1. The van der Waals surface area contributed by atoms with Gasteiger partial charge < -0.3 is 10.2 Å². The van der Waals surface area contributed by atoms with E-state index in [2.05, 4.69) is 54.6 Å². The highest BCUT2D eigenvalue weighted by Gasteiger charge is 2.32. The minimum absolute atomic E-state index is 0.470. The molecule has 2 rings (SSSR count). The van der Waals surface area contributed by atoms with Gasteiger partial charge in [0.2, 0.25) is 0 Å². The SMILES string of the molecule is CNCC1(CN(C)c2ccccc2)CCCCC1. The molecular formula is C16H26N2. The summed E-state index contributed by atoms with van der Waals surface area (Å²) in [6.07, 6.45) is 6.94. The number of hydrogen-bond acceptors (Lipinski definition) is 2. The van der Waals surface area contributed by atoms with Crippen LogP contribution in [0.25, 0.3) is 0 Å². The summed E-state index contributed by atoms with van der Waals surface area (Å²) in [6.45, 7) is 2.31. The zero-order chi connectivity index (χ0) is 12.8. The zero-order valence-corrected chi connectivity index (χ0v) is 11.8. The van der Waals surface area contributed by atoms with Gasteiger partial charge in [0.05, 0.1) is 0 Å². The van der Waals surface area contributed by atoms with Crippen LogP contribution in [0, 0.1) is 5.41 Å². The predicted octanol–water partition coefficient (Wildman–Crippen LogP) is 3.29. The molecular weight excluding hydrogens is 220 g/mol. The van der Waals surface area contributed by atoms with Crippen molar-refractivity contribution in [1.82, 2.24) is 5.32 Å². The van der Waals surface area contributed by atoms with Gasteiger partial charge in [-0.2, -0.15) is 0 Å². The quantitative estimate of drug-likeness (QED) is 0.857. The highest BCUT2D eigenvalue weighted by molar-refractivity contribution is 5.45. The Morgan fingerprint density at radius 1 is 1.11 bits per heavy atom. The third-order valence-electron chi connectivity index (χ3n) is 4.24. The second kappa shape index (κ2) is 6.24. The summed E-state index contributed by atoms with van der Waals surface area (Å²) in [7, 11) is 4.31. The van der Waals surface area contributed by atoms with Gasteiger partial charge in [0.15, 0.2) is 0 Å².